The number of ether oxygens (including phenoxy) is 2. The van der Waals surface area contributed by atoms with E-state index in [0.29, 0.717) is 10.5 Å². The van der Waals surface area contributed by atoms with Crippen molar-refractivity contribution < 1.29 is 28.7 Å². The van der Waals surface area contributed by atoms with Crippen LogP contribution in [0.4, 0.5) is 4.79 Å². The highest BCUT2D eigenvalue weighted by Crippen LogP contribution is 2.31. The molecule has 1 aliphatic heterocycles. The summed E-state index contributed by atoms with van der Waals surface area (Å²) >= 11 is 0. The lowest BCUT2D eigenvalue weighted by molar-refractivity contribution is -0.148. The second-order valence-electron chi connectivity index (χ2n) is 7.94. The number of fused-ring (bicyclic) bond motifs is 1. The molecule has 1 saturated heterocycles. The van der Waals surface area contributed by atoms with E-state index in [1.165, 1.54) is 7.11 Å². The minimum atomic E-state index is -1.20. The number of hydrogen-bond donors (Lipinski definition) is 0. The largest absolute Gasteiger partial charge is 0.467 e. The van der Waals surface area contributed by atoms with E-state index in [9.17, 15) is 19.2 Å². The molecule has 29 heavy (non-hydrogen) atoms. The van der Waals surface area contributed by atoms with Crippen LogP contribution in [0.1, 0.15) is 37.6 Å². The van der Waals surface area contributed by atoms with Gasteiger partial charge in [0.05, 0.1) is 7.11 Å². The van der Waals surface area contributed by atoms with Crippen molar-refractivity contribution in [3.63, 3.8) is 0 Å². The van der Waals surface area contributed by atoms with Crippen molar-refractivity contribution in [3.8, 4) is 0 Å². The molecule has 0 spiro atoms. The van der Waals surface area contributed by atoms with E-state index in [4.69, 9.17) is 9.47 Å². The molecule has 1 aliphatic rings. The van der Waals surface area contributed by atoms with E-state index >= 15 is 0 Å². The second kappa shape index (κ2) is 7.66. The SMILES string of the molecule is COC(=O)[C@@H]1CC(C(=O)c2ccc3ccccc3c2)C(=O)N1C(=O)OC(C)(C)C. The van der Waals surface area contributed by atoms with Crippen molar-refractivity contribution in [2.24, 2.45) is 5.92 Å². The summed E-state index contributed by atoms with van der Waals surface area (Å²) in [6, 6.07) is 11.5. The molecular weight excluding hydrogens is 374 g/mol. The number of nitrogens with zero attached hydrogens (tertiary/aromatic N) is 1. The summed E-state index contributed by atoms with van der Waals surface area (Å²) in [7, 11) is 1.17. The zero-order valence-electron chi connectivity index (χ0n) is 16.8. The monoisotopic (exact) mass is 397 g/mol. The molecule has 0 N–H and O–H groups in total. The molecule has 3 rings (SSSR count). The van der Waals surface area contributed by atoms with Crippen LogP contribution in [0.3, 0.4) is 0 Å². The van der Waals surface area contributed by atoms with Crippen LogP contribution in [0, 0.1) is 5.92 Å². The van der Waals surface area contributed by atoms with Gasteiger partial charge in [0.2, 0.25) is 5.91 Å². The Hall–Kier alpha value is -3.22. The average Bonchev–Trinajstić information content (AvgIpc) is 3.02. The fourth-order valence-corrected chi connectivity index (χ4v) is 3.38. The second-order valence-corrected chi connectivity index (χ2v) is 7.94. The number of amides is 2. The van der Waals surface area contributed by atoms with Gasteiger partial charge in [0.1, 0.15) is 17.6 Å². The van der Waals surface area contributed by atoms with Crippen molar-refractivity contribution >= 4 is 34.5 Å². The molecule has 2 aromatic carbocycles. The number of Topliss-reactive ketones (excluding diaryl/α,β-unsaturated/α-hetero) is 1. The molecule has 7 nitrogen and oxygen atoms in total. The normalized spacial score (nSPS) is 19.3. The minimum Gasteiger partial charge on any atom is -0.467 e. The summed E-state index contributed by atoms with van der Waals surface area (Å²) in [4.78, 5) is 51.4. The van der Waals surface area contributed by atoms with Gasteiger partial charge in [-0.2, -0.15) is 0 Å². The van der Waals surface area contributed by atoms with Gasteiger partial charge in [0.25, 0.3) is 0 Å². The number of imide groups is 1. The third-order valence-electron chi connectivity index (χ3n) is 4.72. The molecular formula is C22H23NO6. The fourth-order valence-electron chi connectivity index (χ4n) is 3.38. The molecule has 0 bridgehead atoms. The molecule has 1 heterocycles. The summed E-state index contributed by atoms with van der Waals surface area (Å²) in [5.74, 6) is -3.13. The van der Waals surface area contributed by atoms with Crippen LogP contribution in [-0.2, 0) is 19.1 Å². The number of hydrogen-bond acceptors (Lipinski definition) is 6. The summed E-state index contributed by atoms with van der Waals surface area (Å²) in [6.07, 6.45) is -1.11. The number of carbonyl (C=O) groups excluding carboxylic acids is 4. The maximum Gasteiger partial charge on any atom is 0.417 e. The van der Waals surface area contributed by atoms with Gasteiger partial charge in [0, 0.05) is 5.56 Å². The van der Waals surface area contributed by atoms with Gasteiger partial charge in [-0.1, -0.05) is 36.4 Å². The zero-order chi connectivity index (χ0) is 21.3. The molecule has 1 fully saturated rings. The van der Waals surface area contributed by atoms with E-state index in [0.717, 1.165) is 10.8 Å². The van der Waals surface area contributed by atoms with Crippen LogP contribution in [0.15, 0.2) is 42.5 Å². The Balaban J connectivity index is 1.92. The van der Waals surface area contributed by atoms with Crippen LogP contribution in [-0.4, -0.2) is 47.4 Å². The van der Waals surface area contributed by atoms with Crippen LogP contribution < -0.4 is 0 Å². The van der Waals surface area contributed by atoms with Gasteiger partial charge in [0.15, 0.2) is 5.78 Å². The number of rotatable bonds is 3. The maximum absolute atomic E-state index is 13.1. The molecule has 0 saturated carbocycles. The molecule has 7 heteroatoms. The van der Waals surface area contributed by atoms with Crippen LogP contribution in [0.2, 0.25) is 0 Å². The van der Waals surface area contributed by atoms with Gasteiger partial charge in [-0.15, -0.1) is 0 Å². The quantitative estimate of drug-likeness (QED) is 0.448. The minimum absolute atomic E-state index is 0.142. The first-order chi connectivity index (χ1) is 13.6. The predicted molar refractivity (Wildman–Crippen MR) is 105 cm³/mol. The van der Waals surface area contributed by atoms with Crippen LogP contribution >= 0.6 is 0 Å². The van der Waals surface area contributed by atoms with E-state index < -0.39 is 41.3 Å². The number of esters is 1. The van der Waals surface area contributed by atoms with E-state index in [-0.39, 0.29) is 6.42 Å². The zero-order valence-corrected chi connectivity index (χ0v) is 16.8. The number of carbonyl (C=O) groups is 4. The lowest BCUT2D eigenvalue weighted by Crippen LogP contribution is -2.46. The number of ketones is 1. The Labute approximate surface area is 168 Å². The number of benzene rings is 2. The Morgan fingerprint density at radius 2 is 1.69 bits per heavy atom. The fraction of sp³-hybridized carbons (Fsp3) is 0.364. The smallest absolute Gasteiger partial charge is 0.417 e. The molecule has 0 aromatic heterocycles. The van der Waals surface area contributed by atoms with Gasteiger partial charge in [-0.25, -0.2) is 14.5 Å². The number of likely N-dealkylation sites (tertiary alicyclic amines) is 1. The maximum atomic E-state index is 13.1. The van der Waals surface area contributed by atoms with E-state index in [1.54, 1.807) is 39.0 Å². The highest BCUT2D eigenvalue weighted by molar-refractivity contribution is 6.16. The molecule has 152 valence electrons. The van der Waals surface area contributed by atoms with Gasteiger partial charge in [-0.05, 0) is 44.0 Å². The standard InChI is InChI=1S/C22H23NO6/c1-22(2,3)29-21(27)23-17(20(26)28-4)12-16(19(23)25)18(24)15-10-9-13-7-5-6-8-14(13)11-15/h5-11,16-17H,12H2,1-4H3/t16?,17-/m0/s1. The molecule has 0 radical (unpaired) electrons. The van der Waals surface area contributed by atoms with Gasteiger partial charge in [-0.3, -0.25) is 9.59 Å². The topological polar surface area (TPSA) is 90.0 Å². The van der Waals surface area contributed by atoms with Crippen molar-refractivity contribution in [3.05, 3.63) is 48.0 Å². The van der Waals surface area contributed by atoms with Gasteiger partial charge >= 0.3 is 12.1 Å². The predicted octanol–water partition coefficient (Wildman–Crippen LogP) is 3.35. The van der Waals surface area contributed by atoms with Crippen molar-refractivity contribution in [1.82, 2.24) is 4.90 Å². The Kier molecular flexibility index (Phi) is 5.42. The first-order valence-corrected chi connectivity index (χ1v) is 9.29. The third kappa shape index (κ3) is 4.13. The van der Waals surface area contributed by atoms with Crippen LogP contribution in [0.25, 0.3) is 10.8 Å². The Morgan fingerprint density at radius 1 is 1.03 bits per heavy atom. The number of methoxy groups -OCH3 is 1. The molecule has 1 unspecified atom stereocenters. The Morgan fingerprint density at radius 3 is 2.31 bits per heavy atom. The summed E-state index contributed by atoms with van der Waals surface area (Å²) in [6.45, 7) is 4.95. The highest BCUT2D eigenvalue weighted by atomic mass is 16.6. The molecule has 0 aliphatic carbocycles. The Bertz CT molecular complexity index is 990. The van der Waals surface area contributed by atoms with Crippen molar-refractivity contribution in [2.75, 3.05) is 7.11 Å². The van der Waals surface area contributed by atoms with Gasteiger partial charge < -0.3 is 9.47 Å². The van der Waals surface area contributed by atoms with Crippen LogP contribution in [0.5, 0.6) is 0 Å². The molecule has 2 aromatic rings. The first kappa shape index (κ1) is 20.5. The lowest BCUT2D eigenvalue weighted by atomic mass is 9.93. The van der Waals surface area contributed by atoms with Crippen molar-refractivity contribution in [1.29, 1.82) is 0 Å². The van der Waals surface area contributed by atoms with E-state index in [1.807, 2.05) is 24.3 Å². The van der Waals surface area contributed by atoms with E-state index in [2.05, 4.69) is 0 Å². The summed E-state index contributed by atoms with van der Waals surface area (Å²) < 4.78 is 9.99. The third-order valence-corrected chi connectivity index (χ3v) is 4.72. The molecule has 2 atom stereocenters. The lowest BCUT2D eigenvalue weighted by Gasteiger charge is -2.26. The first-order valence-electron chi connectivity index (χ1n) is 9.29. The average molecular weight is 397 g/mol. The van der Waals surface area contributed by atoms with Crippen molar-refractivity contribution in [2.45, 2.75) is 38.8 Å². The summed E-state index contributed by atoms with van der Waals surface area (Å²) in [5.41, 5.74) is -0.518. The summed E-state index contributed by atoms with van der Waals surface area (Å²) in [5, 5.41) is 1.82. The highest BCUT2D eigenvalue weighted by Gasteiger charge is 2.51. The molecule has 2 amide bonds.